The molecule has 0 unspecified atom stereocenters. The van der Waals surface area contributed by atoms with Gasteiger partial charge in [0.2, 0.25) is 0 Å². The number of nitrogens with two attached hydrogens (primary N) is 1. The molecule has 0 bridgehead atoms. The largest absolute Gasteiger partial charge is 0.398 e. The quantitative estimate of drug-likeness (QED) is 0.617. The van der Waals surface area contributed by atoms with E-state index in [1.165, 1.54) is 0 Å². The van der Waals surface area contributed by atoms with Crippen molar-refractivity contribution >= 4 is 11.3 Å². The van der Waals surface area contributed by atoms with Gasteiger partial charge in [0.15, 0.2) is 11.5 Å². The maximum absolute atomic E-state index is 5.87. The van der Waals surface area contributed by atoms with Crippen molar-refractivity contribution < 1.29 is 0 Å². The van der Waals surface area contributed by atoms with E-state index >= 15 is 0 Å². The summed E-state index contributed by atoms with van der Waals surface area (Å²) in [6, 6.07) is 7.53. The first-order valence-electron chi connectivity index (χ1n) is 4.86. The lowest BCUT2D eigenvalue weighted by molar-refractivity contribution is 0.950. The van der Waals surface area contributed by atoms with Crippen LogP contribution in [0.15, 0.2) is 42.9 Å². The van der Waals surface area contributed by atoms with Gasteiger partial charge < -0.3 is 5.73 Å². The highest BCUT2D eigenvalue weighted by Crippen LogP contribution is 2.22. The fourth-order valence-corrected chi connectivity index (χ4v) is 1.56. The van der Waals surface area contributed by atoms with E-state index in [9.17, 15) is 0 Å². The van der Waals surface area contributed by atoms with Crippen LogP contribution in [-0.4, -0.2) is 19.6 Å². The predicted molar refractivity (Wildman–Crippen MR) is 60.6 cm³/mol. The lowest BCUT2D eigenvalue weighted by Crippen LogP contribution is -1.91. The molecule has 78 valence electrons. The van der Waals surface area contributed by atoms with Gasteiger partial charge in [-0.3, -0.25) is 4.98 Å². The van der Waals surface area contributed by atoms with Gasteiger partial charge in [-0.25, -0.2) is 9.50 Å². The van der Waals surface area contributed by atoms with Crippen molar-refractivity contribution in [1.29, 1.82) is 0 Å². The van der Waals surface area contributed by atoms with E-state index in [0.717, 1.165) is 5.56 Å². The third-order valence-corrected chi connectivity index (χ3v) is 2.34. The van der Waals surface area contributed by atoms with Gasteiger partial charge in [-0.1, -0.05) is 12.1 Å². The molecular weight excluding hydrogens is 202 g/mol. The first kappa shape index (κ1) is 8.84. The minimum atomic E-state index is 0.617. The van der Waals surface area contributed by atoms with Crippen molar-refractivity contribution in [3.8, 4) is 11.4 Å². The summed E-state index contributed by atoms with van der Waals surface area (Å²) >= 11 is 0. The highest BCUT2D eigenvalue weighted by Gasteiger charge is 2.08. The van der Waals surface area contributed by atoms with E-state index in [1.54, 1.807) is 23.1 Å². The number of para-hydroxylation sites is 1. The SMILES string of the molecule is Nc1ccccc1-c1nc2cnccn2n1. The first-order valence-corrected chi connectivity index (χ1v) is 4.86. The molecule has 0 aliphatic heterocycles. The summed E-state index contributed by atoms with van der Waals surface area (Å²) in [6.07, 6.45) is 5.08. The van der Waals surface area contributed by atoms with Crippen LogP contribution in [0.4, 0.5) is 5.69 Å². The van der Waals surface area contributed by atoms with Gasteiger partial charge in [0.05, 0.1) is 6.20 Å². The van der Waals surface area contributed by atoms with Gasteiger partial charge in [0.25, 0.3) is 0 Å². The molecule has 16 heavy (non-hydrogen) atoms. The monoisotopic (exact) mass is 211 g/mol. The molecule has 0 saturated carbocycles. The second-order valence-corrected chi connectivity index (χ2v) is 3.40. The van der Waals surface area contributed by atoms with Gasteiger partial charge in [-0.15, -0.1) is 5.10 Å². The van der Waals surface area contributed by atoms with E-state index in [-0.39, 0.29) is 0 Å². The number of rotatable bonds is 1. The van der Waals surface area contributed by atoms with Crippen LogP contribution in [0.25, 0.3) is 17.0 Å². The zero-order valence-corrected chi connectivity index (χ0v) is 8.41. The summed E-state index contributed by atoms with van der Waals surface area (Å²) in [4.78, 5) is 8.34. The maximum Gasteiger partial charge on any atom is 0.184 e. The second-order valence-electron chi connectivity index (χ2n) is 3.40. The van der Waals surface area contributed by atoms with Crippen molar-refractivity contribution in [1.82, 2.24) is 19.6 Å². The minimum Gasteiger partial charge on any atom is -0.398 e. The number of anilines is 1. The van der Waals surface area contributed by atoms with Gasteiger partial charge in [0.1, 0.15) is 0 Å². The lowest BCUT2D eigenvalue weighted by Gasteiger charge is -1.98. The predicted octanol–water partition coefficient (Wildman–Crippen LogP) is 1.37. The van der Waals surface area contributed by atoms with Crippen LogP contribution in [0.1, 0.15) is 0 Å². The molecule has 0 fully saturated rings. The van der Waals surface area contributed by atoms with Crippen LogP contribution < -0.4 is 5.73 Å². The molecule has 2 heterocycles. The van der Waals surface area contributed by atoms with Crippen LogP contribution in [-0.2, 0) is 0 Å². The van der Waals surface area contributed by atoms with Crippen molar-refractivity contribution in [2.75, 3.05) is 5.73 Å². The standard InChI is InChI=1S/C11H9N5/c12-9-4-2-1-3-8(9)11-14-10-7-13-5-6-16(10)15-11/h1-7H,12H2. The van der Waals surface area contributed by atoms with Crippen LogP contribution in [0.5, 0.6) is 0 Å². The Hall–Kier alpha value is -2.43. The van der Waals surface area contributed by atoms with E-state index in [1.807, 2.05) is 24.3 Å². The van der Waals surface area contributed by atoms with Crippen molar-refractivity contribution in [3.05, 3.63) is 42.9 Å². The Kier molecular flexibility index (Phi) is 1.83. The summed E-state index contributed by atoms with van der Waals surface area (Å²) in [5.41, 5.74) is 8.09. The van der Waals surface area contributed by atoms with Crippen LogP contribution in [0.2, 0.25) is 0 Å². The summed E-state index contributed by atoms with van der Waals surface area (Å²) in [7, 11) is 0. The molecule has 5 nitrogen and oxygen atoms in total. The lowest BCUT2D eigenvalue weighted by atomic mass is 10.2. The molecule has 0 saturated heterocycles. The van der Waals surface area contributed by atoms with Crippen LogP contribution in [0, 0.1) is 0 Å². The Morgan fingerprint density at radius 2 is 2.06 bits per heavy atom. The van der Waals surface area contributed by atoms with Gasteiger partial charge >= 0.3 is 0 Å². The number of hydrogen-bond acceptors (Lipinski definition) is 4. The molecule has 1 aromatic carbocycles. The summed E-state index contributed by atoms with van der Waals surface area (Å²) in [6.45, 7) is 0. The molecule has 3 aromatic rings. The topological polar surface area (TPSA) is 69.1 Å². The average Bonchev–Trinajstić information content (AvgIpc) is 2.73. The molecule has 2 aromatic heterocycles. The minimum absolute atomic E-state index is 0.617. The zero-order valence-electron chi connectivity index (χ0n) is 8.41. The number of aromatic nitrogens is 4. The summed E-state index contributed by atoms with van der Waals surface area (Å²) in [5, 5.41) is 4.33. The Morgan fingerprint density at radius 1 is 1.19 bits per heavy atom. The summed E-state index contributed by atoms with van der Waals surface area (Å²) < 4.78 is 1.68. The van der Waals surface area contributed by atoms with Gasteiger partial charge in [0, 0.05) is 23.6 Å². The Balaban J connectivity index is 2.23. The first-order chi connectivity index (χ1) is 7.84. The Morgan fingerprint density at radius 3 is 2.88 bits per heavy atom. The van der Waals surface area contributed by atoms with Crippen LogP contribution in [0.3, 0.4) is 0 Å². The van der Waals surface area contributed by atoms with E-state index in [0.29, 0.717) is 17.2 Å². The molecule has 0 aliphatic rings. The summed E-state index contributed by atoms with van der Waals surface area (Å²) in [5.74, 6) is 0.617. The molecule has 5 heteroatoms. The fraction of sp³-hybridized carbons (Fsp3) is 0. The van der Waals surface area contributed by atoms with E-state index in [4.69, 9.17) is 5.73 Å². The highest BCUT2D eigenvalue weighted by molar-refractivity contribution is 5.72. The average molecular weight is 211 g/mol. The third-order valence-electron chi connectivity index (χ3n) is 2.34. The molecule has 0 atom stereocenters. The molecule has 0 spiro atoms. The zero-order chi connectivity index (χ0) is 11.0. The number of fused-ring (bicyclic) bond motifs is 1. The maximum atomic E-state index is 5.87. The van der Waals surface area contributed by atoms with Gasteiger partial charge in [-0.2, -0.15) is 0 Å². The van der Waals surface area contributed by atoms with E-state index in [2.05, 4.69) is 15.1 Å². The normalized spacial score (nSPS) is 10.8. The second kappa shape index (κ2) is 3.30. The fourth-order valence-electron chi connectivity index (χ4n) is 1.56. The third kappa shape index (κ3) is 1.30. The number of nitrogens with zero attached hydrogens (tertiary/aromatic N) is 4. The molecule has 2 N–H and O–H groups in total. The van der Waals surface area contributed by atoms with Crippen molar-refractivity contribution in [3.63, 3.8) is 0 Å². The molecule has 0 radical (unpaired) electrons. The van der Waals surface area contributed by atoms with Crippen LogP contribution >= 0.6 is 0 Å². The molecular formula is C11H9N5. The van der Waals surface area contributed by atoms with Gasteiger partial charge in [-0.05, 0) is 12.1 Å². The van der Waals surface area contributed by atoms with E-state index < -0.39 is 0 Å². The van der Waals surface area contributed by atoms with Crippen molar-refractivity contribution in [2.45, 2.75) is 0 Å². The Bertz CT molecular complexity index is 610. The smallest absolute Gasteiger partial charge is 0.184 e. The number of nitrogen functional groups attached to an aromatic ring is 1. The Labute approximate surface area is 91.6 Å². The van der Waals surface area contributed by atoms with Crippen molar-refractivity contribution in [2.24, 2.45) is 0 Å². The molecule has 0 amide bonds. The highest BCUT2D eigenvalue weighted by atomic mass is 15.3. The molecule has 3 rings (SSSR count). The molecule has 0 aliphatic carbocycles. The number of benzene rings is 1. The number of hydrogen-bond donors (Lipinski definition) is 1.